The van der Waals surface area contributed by atoms with Crippen molar-refractivity contribution < 1.29 is 23.8 Å². The van der Waals surface area contributed by atoms with Gasteiger partial charge < -0.3 is 19.2 Å². The van der Waals surface area contributed by atoms with Crippen molar-refractivity contribution in [1.82, 2.24) is 9.97 Å². The third kappa shape index (κ3) is 4.26. The molecule has 0 fully saturated rings. The van der Waals surface area contributed by atoms with Gasteiger partial charge in [0, 0.05) is 12.0 Å². The maximum absolute atomic E-state index is 12.3. The Hall–Kier alpha value is -3.68. The number of carbonyl (C=O) groups excluding carboxylic acids is 2. The summed E-state index contributed by atoms with van der Waals surface area (Å²) in [4.78, 5) is 43.3. The molecule has 0 aliphatic carbocycles. The Bertz CT molecular complexity index is 1140. The second kappa shape index (κ2) is 8.14. The molecule has 1 aliphatic rings. The maximum atomic E-state index is 12.3. The third-order valence-corrected chi connectivity index (χ3v) is 4.46. The number of hydrogen-bond donors (Lipinski definition) is 1. The van der Waals surface area contributed by atoms with Gasteiger partial charge in [-0.05, 0) is 30.3 Å². The van der Waals surface area contributed by atoms with E-state index in [1.807, 2.05) is 0 Å². The van der Waals surface area contributed by atoms with E-state index in [-0.39, 0.29) is 30.8 Å². The zero-order valence-electron chi connectivity index (χ0n) is 15.5. The molecule has 2 heterocycles. The van der Waals surface area contributed by atoms with E-state index in [9.17, 15) is 14.4 Å². The molecule has 0 saturated carbocycles. The minimum absolute atomic E-state index is 0.00427. The lowest BCUT2D eigenvalue weighted by molar-refractivity contribution is -0.142. The smallest absolute Gasteiger partial charge is 0.306 e. The Morgan fingerprint density at radius 1 is 1.07 bits per heavy atom. The van der Waals surface area contributed by atoms with Crippen molar-refractivity contribution in [3.05, 3.63) is 64.2 Å². The molecular weight excluding hydrogens is 376 g/mol. The van der Waals surface area contributed by atoms with Crippen molar-refractivity contribution in [1.29, 1.82) is 0 Å². The molecule has 0 bridgehead atoms. The summed E-state index contributed by atoms with van der Waals surface area (Å²) < 4.78 is 15.9. The summed E-state index contributed by atoms with van der Waals surface area (Å²) in [5.41, 5.74) is 0.684. The number of H-pyrrole nitrogens is 1. The monoisotopic (exact) mass is 394 g/mol. The summed E-state index contributed by atoms with van der Waals surface area (Å²) in [6, 6.07) is 11.8. The highest BCUT2D eigenvalue weighted by Crippen LogP contribution is 2.30. The number of aryl methyl sites for hydroxylation is 1. The number of benzene rings is 2. The average molecular weight is 394 g/mol. The fourth-order valence-corrected chi connectivity index (χ4v) is 2.99. The molecule has 0 radical (unpaired) electrons. The van der Waals surface area contributed by atoms with Gasteiger partial charge in [-0.1, -0.05) is 12.1 Å². The number of hydrogen-bond acceptors (Lipinski definition) is 7. The van der Waals surface area contributed by atoms with Crippen LogP contribution in [-0.4, -0.2) is 41.5 Å². The normalized spacial score (nSPS) is 12.6. The van der Waals surface area contributed by atoms with Crippen molar-refractivity contribution >= 4 is 22.7 Å². The van der Waals surface area contributed by atoms with Crippen LogP contribution in [0.15, 0.2) is 47.3 Å². The van der Waals surface area contributed by atoms with E-state index in [4.69, 9.17) is 14.2 Å². The quantitative estimate of drug-likeness (QED) is 0.504. The van der Waals surface area contributed by atoms with Crippen LogP contribution in [0.25, 0.3) is 10.9 Å². The number of ether oxygens (including phenoxy) is 3. The molecule has 29 heavy (non-hydrogen) atoms. The highest BCUT2D eigenvalue weighted by atomic mass is 16.6. The molecule has 0 spiro atoms. The van der Waals surface area contributed by atoms with Crippen LogP contribution in [0.3, 0.4) is 0 Å². The van der Waals surface area contributed by atoms with Crippen LogP contribution in [0.1, 0.15) is 22.6 Å². The van der Waals surface area contributed by atoms with E-state index in [0.29, 0.717) is 47.0 Å². The summed E-state index contributed by atoms with van der Waals surface area (Å²) in [5, 5.41) is 0.490. The summed E-state index contributed by atoms with van der Waals surface area (Å²) in [5.74, 6) is 0.588. The third-order valence-electron chi connectivity index (χ3n) is 4.46. The van der Waals surface area contributed by atoms with Crippen LogP contribution in [0.5, 0.6) is 11.5 Å². The van der Waals surface area contributed by atoms with Gasteiger partial charge in [0.05, 0.1) is 17.3 Å². The number of nitrogens with zero attached hydrogens (tertiary/aromatic N) is 1. The summed E-state index contributed by atoms with van der Waals surface area (Å²) in [6.07, 6.45) is 0.201. The van der Waals surface area contributed by atoms with Crippen molar-refractivity contribution in [3.63, 3.8) is 0 Å². The number of carbonyl (C=O) groups is 2. The van der Waals surface area contributed by atoms with Gasteiger partial charge in [-0.3, -0.25) is 14.4 Å². The minimum Gasteiger partial charge on any atom is -0.486 e. The zero-order valence-corrected chi connectivity index (χ0v) is 15.5. The van der Waals surface area contributed by atoms with E-state index in [1.165, 1.54) is 0 Å². The first-order chi connectivity index (χ1) is 14.1. The number of fused-ring (bicyclic) bond motifs is 2. The number of aromatic amines is 1. The highest BCUT2D eigenvalue weighted by Gasteiger charge is 2.16. The molecule has 1 aromatic heterocycles. The molecule has 148 valence electrons. The summed E-state index contributed by atoms with van der Waals surface area (Å²) in [7, 11) is 0. The molecule has 4 rings (SSSR count). The molecule has 8 heteroatoms. The van der Waals surface area contributed by atoms with Crippen LogP contribution < -0.4 is 15.0 Å². The lowest BCUT2D eigenvalue weighted by atomic mass is 10.1. The number of nitrogens with one attached hydrogen (secondary N) is 1. The van der Waals surface area contributed by atoms with E-state index >= 15 is 0 Å². The number of ketones is 1. The van der Waals surface area contributed by atoms with Crippen LogP contribution in [0.2, 0.25) is 0 Å². The van der Waals surface area contributed by atoms with Crippen molar-refractivity contribution in [2.24, 2.45) is 0 Å². The van der Waals surface area contributed by atoms with E-state index < -0.39 is 5.97 Å². The molecule has 1 aliphatic heterocycles. The summed E-state index contributed by atoms with van der Waals surface area (Å²) in [6.45, 7) is 0.514. The van der Waals surface area contributed by atoms with Crippen molar-refractivity contribution in [3.8, 4) is 11.5 Å². The number of para-hydroxylation sites is 1. The predicted molar refractivity (Wildman–Crippen MR) is 103 cm³/mol. The SMILES string of the molecule is O=C(CCc1nc2ccccc2c(=O)[nH]1)OCC(=O)c1ccc2c(c1)OCCO2. The summed E-state index contributed by atoms with van der Waals surface area (Å²) >= 11 is 0. The fourth-order valence-electron chi connectivity index (χ4n) is 2.99. The topological polar surface area (TPSA) is 108 Å². The van der Waals surface area contributed by atoms with E-state index in [0.717, 1.165) is 0 Å². The fraction of sp³-hybridized carbons (Fsp3) is 0.238. The Kier molecular flexibility index (Phi) is 5.24. The van der Waals surface area contributed by atoms with Crippen LogP contribution in [-0.2, 0) is 16.0 Å². The van der Waals surface area contributed by atoms with Crippen molar-refractivity contribution in [2.45, 2.75) is 12.8 Å². The van der Waals surface area contributed by atoms with Crippen molar-refractivity contribution in [2.75, 3.05) is 19.8 Å². The Morgan fingerprint density at radius 2 is 1.86 bits per heavy atom. The largest absolute Gasteiger partial charge is 0.486 e. The minimum atomic E-state index is -0.549. The standard InChI is InChI=1S/C21H18N2O6/c24-16(13-5-6-17-18(11-13)28-10-9-27-17)12-29-20(25)8-7-19-22-15-4-2-1-3-14(15)21(26)23-19/h1-6,11H,7-10,12H2,(H,22,23,26). The van der Waals surface area contributed by atoms with Gasteiger partial charge in [-0.2, -0.15) is 0 Å². The van der Waals surface area contributed by atoms with E-state index in [2.05, 4.69) is 9.97 Å². The number of aromatic nitrogens is 2. The lowest BCUT2D eigenvalue weighted by Gasteiger charge is -2.18. The van der Waals surface area contributed by atoms with Gasteiger partial charge in [0.1, 0.15) is 19.0 Å². The predicted octanol–water partition coefficient (Wildman–Crippen LogP) is 2.05. The van der Waals surface area contributed by atoms with Gasteiger partial charge in [0.25, 0.3) is 5.56 Å². The van der Waals surface area contributed by atoms with Crippen LogP contribution >= 0.6 is 0 Å². The maximum Gasteiger partial charge on any atom is 0.306 e. The second-order valence-electron chi connectivity index (χ2n) is 6.47. The molecule has 8 nitrogen and oxygen atoms in total. The molecule has 0 saturated heterocycles. The van der Waals surface area contributed by atoms with Gasteiger partial charge in [0.2, 0.25) is 0 Å². The van der Waals surface area contributed by atoms with E-state index in [1.54, 1.807) is 42.5 Å². The number of esters is 1. The van der Waals surface area contributed by atoms with Gasteiger partial charge in [-0.25, -0.2) is 4.98 Å². The first-order valence-electron chi connectivity index (χ1n) is 9.16. The molecular formula is C21H18N2O6. The Morgan fingerprint density at radius 3 is 2.72 bits per heavy atom. The number of Topliss-reactive ketones (excluding diaryl/α,β-unsaturated/α-hetero) is 1. The van der Waals surface area contributed by atoms with Gasteiger partial charge in [0.15, 0.2) is 23.9 Å². The van der Waals surface area contributed by atoms with Crippen LogP contribution in [0, 0.1) is 0 Å². The Balaban J connectivity index is 1.32. The zero-order chi connectivity index (χ0) is 20.2. The van der Waals surface area contributed by atoms with Gasteiger partial charge >= 0.3 is 5.97 Å². The molecule has 0 amide bonds. The molecule has 0 unspecified atom stereocenters. The first kappa shape index (κ1) is 18.7. The first-order valence-corrected chi connectivity index (χ1v) is 9.16. The molecule has 1 N–H and O–H groups in total. The average Bonchev–Trinajstić information content (AvgIpc) is 2.75. The van der Waals surface area contributed by atoms with Gasteiger partial charge in [-0.15, -0.1) is 0 Å². The molecule has 0 atom stereocenters. The molecule has 3 aromatic rings. The number of rotatable bonds is 6. The lowest BCUT2D eigenvalue weighted by Crippen LogP contribution is -2.18. The van der Waals surface area contributed by atoms with Crippen LogP contribution in [0.4, 0.5) is 0 Å². The Labute approximate surface area is 165 Å². The molecule has 2 aromatic carbocycles. The second-order valence-corrected chi connectivity index (χ2v) is 6.47. The highest BCUT2D eigenvalue weighted by molar-refractivity contribution is 5.98.